The number of rotatable bonds is 7. The predicted octanol–water partition coefficient (Wildman–Crippen LogP) is 3.11. The number of hydrogen-bond donors (Lipinski definition) is 1. The zero-order chi connectivity index (χ0) is 19.1. The largest absolute Gasteiger partial charge is 0.366 e. The van der Waals surface area contributed by atoms with Gasteiger partial charge in [-0.15, -0.1) is 0 Å². The molecule has 2 heterocycles. The van der Waals surface area contributed by atoms with Crippen molar-refractivity contribution in [1.29, 1.82) is 0 Å². The lowest BCUT2D eigenvalue weighted by atomic mass is 10.1. The maximum atomic E-state index is 12.6. The summed E-state index contributed by atoms with van der Waals surface area (Å²) in [6.45, 7) is 3.32. The van der Waals surface area contributed by atoms with E-state index in [0.29, 0.717) is 24.6 Å². The van der Waals surface area contributed by atoms with Gasteiger partial charge < -0.3 is 10.2 Å². The van der Waals surface area contributed by atoms with Gasteiger partial charge in [-0.25, -0.2) is 9.97 Å². The standard InChI is InChI=1S/C21H23N5O/c1-16-4-3-5-18(12-16)14-23-20-13-19(24-15-25-20)21(27)26(2)11-8-17-6-9-22-10-7-17/h3-7,9-10,12-13,15H,8,11,14H2,1-2H3,(H,23,24,25). The maximum Gasteiger partial charge on any atom is 0.272 e. The Morgan fingerprint density at radius 1 is 1.07 bits per heavy atom. The van der Waals surface area contributed by atoms with Gasteiger partial charge in [-0.2, -0.15) is 0 Å². The van der Waals surface area contributed by atoms with Crippen LogP contribution in [0.5, 0.6) is 0 Å². The van der Waals surface area contributed by atoms with Gasteiger partial charge >= 0.3 is 0 Å². The number of aromatic nitrogens is 3. The van der Waals surface area contributed by atoms with E-state index in [2.05, 4.69) is 45.4 Å². The summed E-state index contributed by atoms with van der Waals surface area (Å²) >= 11 is 0. The molecule has 27 heavy (non-hydrogen) atoms. The highest BCUT2D eigenvalue weighted by Crippen LogP contribution is 2.10. The lowest BCUT2D eigenvalue weighted by Gasteiger charge is -2.17. The highest BCUT2D eigenvalue weighted by atomic mass is 16.2. The molecule has 0 unspecified atom stereocenters. The molecule has 0 saturated heterocycles. The smallest absolute Gasteiger partial charge is 0.272 e. The molecule has 2 aromatic heterocycles. The number of carbonyl (C=O) groups is 1. The fourth-order valence-corrected chi connectivity index (χ4v) is 2.73. The van der Waals surface area contributed by atoms with Crippen LogP contribution in [0.4, 0.5) is 5.82 Å². The van der Waals surface area contributed by atoms with E-state index >= 15 is 0 Å². The first-order chi connectivity index (χ1) is 13.1. The monoisotopic (exact) mass is 361 g/mol. The van der Waals surface area contributed by atoms with Crippen molar-refractivity contribution in [2.75, 3.05) is 18.9 Å². The van der Waals surface area contributed by atoms with Gasteiger partial charge in [-0.3, -0.25) is 9.78 Å². The molecule has 0 radical (unpaired) electrons. The molecular weight excluding hydrogens is 338 g/mol. The molecule has 0 saturated carbocycles. The molecule has 1 N–H and O–H groups in total. The van der Waals surface area contributed by atoms with Gasteiger partial charge in [0.15, 0.2) is 0 Å². The van der Waals surface area contributed by atoms with E-state index in [1.54, 1.807) is 30.4 Å². The number of amides is 1. The van der Waals surface area contributed by atoms with E-state index in [1.807, 2.05) is 18.2 Å². The number of hydrogen-bond acceptors (Lipinski definition) is 5. The van der Waals surface area contributed by atoms with Crippen LogP contribution in [0.3, 0.4) is 0 Å². The first kappa shape index (κ1) is 18.5. The van der Waals surface area contributed by atoms with Gasteiger partial charge in [0, 0.05) is 38.6 Å². The number of anilines is 1. The maximum absolute atomic E-state index is 12.6. The van der Waals surface area contributed by atoms with Crippen LogP contribution in [-0.4, -0.2) is 39.4 Å². The van der Waals surface area contributed by atoms with Crippen molar-refractivity contribution in [3.8, 4) is 0 Å². The zero-order valence-corrected chi connectivity index (χ0v) is 15.6. The predicted molar refractivity (Wildman–Crippen MR) is 105 cm³/mol. The van der Waals surface area contributed by atoms with Crippen molar-refractivity contribution in [2.24, 2.45) is 0 Å². The molecule has 0 aliphatic heterocycles. The van der Waals surface area contributed by atoms with Gasteiger partial charge in [0.1, 0.15) is 17.8 Å². The van der Waals surface area contributed by atoms with Gasteiger partial charge in [0.2, 0.25) is 0 Å². The van der Waals surface area contributed by atoms with Crippen molar-refractivity contribution in [2.45, 2.75) is 19.9 Å². The minimum Gasteiger partial charge on any atom is -0.366 e. The molecule has 0 aliphatic carbocycles. The highest BCUT2D eigenvalue weighted by molar-refractivity contribution is 5.92. The lowest BCUT2D eigenvalue weighted by molar-refractivity contribution is 0.0790. The van der Waals surface area contributed by atoms with Crippen molar-refractivity contribution < 1.29 is 4.79 Å². The molecule has 138 valence electrons. The van der Waals surface area contributed by atoms with E-state index in [0.717, 1.165) is 17.5 Å². The third-order valence-electron chi connectivity index (χ3n) is 4.27. The molecule has 0 atom stereocenters. The van der Waals surface area contributed by atoms with Crippen LogP contribution in [-0.2, 0) is 13.0 Å². The summed E-state index contributed by atoms with van der Waals surface area (Å²) in [7, 11) is 1.78. The Labute approximate surface area is 159 Å². The quantitative estimate of drug-likeness (QED) is 0.700. The Balaban J connectivity index is 1.59. The Hall–Kier alpha value is -3.28. The molecule has 6 heteroatoms. The van der Waals surface area contributed by atoms with E-state index in [4.69, 9.17) is 0 Å². The van der Waals surface area contributed by atoms with E-state index in [-0.39, 0.29) is 5.91 Å². The summed E-state index contributed by atoms with van der Waals surface area (Å²) in [4.78, 5) is 26.7. The van der Waals surface area contributed by atoms with Gasteiger partial charge in [0.25, 0.3) is 5.91 Å². The summed E-state index contributed by atoms with van der Waals surface area (Å²) in [5.41, 5.74) is 3.90. The van der Waals surface area contributed by atoms with Gasteiger partial charge in [-0.1, -0.05) is 29.8 Å². The first-order valence-electron chi connectivity index (χ1n) is 8.87. The number of nitrogens with zero attached hydrogens (tertiary/aromatic N) is 4. The Bertz CT molecular complexity index is 898. The van der Waals surface area contributed by atoms with Crippen LogP contribution in [0, 0.1) is 6.92 Å². The number of benzene rings is 1. The molecule has 1 aromatic carbocycles. The van der Waals surface area contributed by atoms with E-state index < -0.39 is 0 Å². The van der Waals surface area contributed by atoms with Crippen molar-refractivity contribution in [3.05, 3.63) is 83.6 Å². The number of aryl methyl sites for hydroxylation is 1. The summed E-state index contributed by atoms with van der Waals surface area (Å²) in [5.74, 6) is 0.516. The highest BCUT2D eigenvalue weighted by Gasteiger charge is 2.14. The molecule has 6 nitrogen and oxygen atoms in total. The second kappa shape index (κ2) is 8.89. The van der Waals surface area contributed by atoms with E-state index in [9.17, 15) is 4.79 Å². The SMILES string of the molecule is Cc1cccc(CNc2cc(C(=O)N(C)CCc3ccncc3)ncn2)c1. The van der Waals surface area contributed by atoms with Gasteiger partial charge in [-0.05, 0) is 36.6 Å². The molecule has 0 fully saturated rings. The van der Waals surface area contributed by atoms with Crippen molar-refractivity contribution in [1.82, 2.24) is 19.9 Å². The average Bonchev–Trinajstić information content (AvgIpc) is 2.71. The molecular formula is C21H23N5O. The number of pyridine rings is 1. The molecule has 3 aromatic rings. The average molecular weight is 361 g/mol. The van der Waals surface area contributed by atoms with Crippen LogP contribution >= 0.6 is 0 Å². The second-order valence-corrected chi connectivity index (χ2v) is 6.46. The Morgan fingerprint density at radius 3 is 2.67 bits per heavy atom. The summed E-state index contributed by atoms with van der Waals surface area (Å²) in [6.07, 6.45) is 5.71. The topological polar surface area (TPSA) is 71.0 Å². The summed E-state index contributed by atoms with van der Waals surface area (Å²) < 4.78 is 0. The number of likely N-dealkylation sites (N-methyl/N-ethyl adjacent to an activating group) is 1. The van der Waals surface area contributed by atoms with Crippen molar-refractivity contribution >= 4 is 11.7 Å². The fraction of sp³-hybridized carbons (Fsp3) is 0.238. The van der Waals surface area contributed by atoms with Crippen LogP contribution in [0.1, 0.15) is 27.2 Å². The number of carbonyl (C=O) groups excluding carboxylic acids is 1. The van der Waals surface area contributed by atoms with Crippen LogP contribution < -0.4 is 5.32 Å². The lowest BCUT2D eigenvalue weighted by Crippen LogP contribution is -2.29. The number of nitrogens with one attached hydrogen (secondary N) is 1. The molecule has 1 amide bonds. The molecule has 0 aliphatic rings. The fourth-order valence-electron chi connectivity index (χ4n) is 2.73. The van der Waals surface area contributed by atoms with Crippen LogP contribution in [0.15, 0.2) is 61.2 Å². The molecule has 3 rings (SSSR count). The molecule has 0 spiro atoms. The van der Waals surface area contributed by atoms with Crippen molar-refractivity contribution in [3.63, 3.8) is 0 Å². The summed E-state index contributed by atoms with van der Waals surface area (Å²) in [6, 6.07) is 13.9. The third-order valence-corrected chi connectivity index (χ3v) is 4.27. The second-order valence-electron chi connectivity index (χ2n) is 6.46. The summed E-state index contributed by atoms with van der Waals surface area (Å²) in [5, 5.41) is 3.25. The van der Waals surface area contributed by atoms with Crippen LogP contribution in [0.2, 0.25) is 0 Å². The molecule has 0 bridgehead atoms. The minimum absolute atomic E-state index is 0.120. The minimum atomic E-state index is -0.120. The van der Waals surface area contributed by atoms with Crippen LogP contribution in [0.25, 0.3) is 0 Å². The third kappa shape index (κ3) is 5.34. The Morgan fingerprint density at radius 2 is 1.89 bits per heavy atom. The normalized spacial score (nSPS) is 10.4. The van der Waals surface area contributed by atoms with E-state index in [1.165, 1.54) is 11.9 Å². The van der Waals surface area contributed by atoms with Gasteiger partial charge in [0.05, 0.1) is 0 Å². The Kier molecular flexibility index (Phi) is 6.10. The zero-order valence-electron chi connectivity index (χ0n) is 15.6. The first-order valence-corrected chi connectivity index (χ1v) is 8.87.